The summed E-state index contributed by atoms with van der Waals surface area (Å²) in [5.41, 5.74) is -1.11. The van der Waals surface area contributed by atoms with Crippen LogP contribution in [0, 0.1) is 45.3 Å². The minimum absolute atomic E-state index is 0.0141. The summed E-state index contributed by atoms with van der Waals surface area (Å²) in [4.78, 5) is 37.6. The summed E-state index contributed by atoms with van der Waals surface area (Å²) in [6.07, 6.45) is 8.39. The van der Waals surface area contributed by atoms with Gasteiger partial charge in [-0.15, -0.1) is 0 Å². The summed E-state index contributed by atoms with van der Waals surface area (Å²) in [6, 6.07) is 0. The first kappa shape index (κ1) is 34.7. The summed E-state index contributed by atoms with van der Waals surface area (Å²) in [7, 11) is 0. The second-order valence-corrected chi connectivity index (χ2v) is 17.2. The van der Waals surface area contributed by atoms with Gasteiger partial charge in [-0.3, -0.25) is 14.4 Å². The lowest BCUT2D eigenvalue weighted by atomic mass is 9.35. The van der Waals surface area contributed by atoms with E-state index in [2.05, 4.69) is 34.6 Å². The van der Waals surface area contributed by atoms with Gasteiger partial charge in [0.15, 0.2) is 0 Å². The molecule has 256 valence electrons. The summed E-state index contributed by atoms with van der Waals surface area (Å²) in [5.74, 6) is -0.0617. The first-order chi connectivity index (χ1) is 20.9. The van der Waals surface area contributed by atoms with Crippen LogP contribution in [-0.4, -0.2) is 59.6 Å². The van der Waals surface area contributed by atoms with E-state index >= 15 is 0 Å². The number of ether oxygens (including phenoxy) is 4. The Bertz CT molecular complexity index is 1140. The van der Waals surface area contributed by atoms with Crippen LogP contribution in [0.1, 0.15) is 133 Å². The molecule has 0 amide bonds. The second-order valence-electron chi connectivity index (χ2n) is 17.2. The molecule has 0 aromatic rings. The Hall–Kier alpha value is -1.67. The highest BCUT2D eigenvalue weighted by Crippen LogP contribution is 2.76. The van der Waals surface area contributed by atoms with Crippen LogP contribution in [0.25, 0.3) is 0 Å². The van der Waals surface area contributed by atoms with Gasteiger partial charge in [-0.25, -0.2) is 0 Å². The number of hydrogen-bond donors (Lipinski definition) is 1. The van der Waals surface area contributed by atoms with Crippen molar-refractivity contribution in [3.63, 3.8) is 0 Å². The van der Waals surface area contributed by atoms with Crippen LogP contribution in [0.15, 0.2) is 0 Å². The third kappa shape index (κ3) is 5.87. The number of carbonyl (C=O) groups excluding carboxylic acids is 3. The zero-order valence-electron chi connectivity index (χ0n) is 29.4. The molecule has 5 fully saturated rings. The number of esters is 3. The average Bonchev–Trinajstić information content (AvgIpc) is 3.56. The van der Waals surface area contributed by atoms with E-state index in [0.717, 1.165) is 57.8 Å². The van der Waals surface area contributed by atoms with E-state index in [1.165, 1.54) is 6.92 Å². The van der Waals surface area contributed by atoms with Crippen molar-refractivity contribution < 1.29 is 38.4 Å². The molecule has 4 aliphatic carbocycles. The van der Waals surface area contributed by atoms with Gasteiger partial charge in [-0.1, -0.05) is 41.5 Å². The fraction of sp³-hybridized carbons (Fsp3) is 0.919. The smallest absolute Gasteiger partial charge is 0.317 e. The number of rotatable bonds is 8. The Morgan fingerprint density at radius 2 is 1.56 bits per heavy atom. The molecule has 1 N–H and O–H groups in total. The van der Waals surface area contributed by atoms with Crippen molar-refractivity contribution in [1.29, 1.82) is 0 Å². The van der Waals surface area contributed by atoms with E-state index < -0.39 is 17.5 Å². The minimum atomic E-state index is -0.874. The quantitative estimate of drug-likeness (QED) is 0.177. The highest BCUT2D eigenvalue weighted by molar-refractivity contribution is 5.91. The Kier molecular flexibility index (Phi) is 9.31. The van der Waals surface area contributed by atoms with Crippen molar-refractivity contribution >= 4 is 17.9 Å². The molecule has 0 unspecified atom stereocenters. The van der Waals surface area contributed by atoms with Crippen LogP contribution in [0.2, 0.25) is 0 Å². The fourth-order valence-electron chi connectivity index (χ4n) is 11.8. The molecule has 5 aliphatic rings. The van der Waals surface area contributed by atoms with Crippen molar-refractivity contribution in [3.8, 4) is 0 Å². The molecule has 8 nitrogen and oxygen atoms in total. The SMILES string of the molecule is CCCOC(=O)CC(=O)O[C@@H]1CC[C@]2(C)[C@H]3C[C@@H](OC(C)=O)[C@@H]4[C@@H]([C@@H]5CC[C@H](C(C)(C)O)O5)CC[C@@]4(C)[C@]3(C)CC[C@H]2C1(C)C. The number of fused-ring (bicyclic) bond motifs is 5. The van der Waals surface area contributed by atoms with Gasteiger partial charge in [0, 0.05) is 18.3 Å². The molecule has 0 bridgehead atoms. The molecule has 0 aromatic carbocycles. The van der Waals surface area contributed by atoms with Gasteiger partial charge in [0.1, 0.15) is 18.6 Å². The first-order valence-corrected chi connectivity index (χ1v) is 17.8. The molecule has 8 heteroatoms. The zero-order valence-corrected chi connectivity index (χ0v) is 29.4. The van der Waals surface area contributed by atoms with Gasteiger partial charge in [0.2, 0.25) is 0 Å². The minimum Gasteiger partial charge on any atom is -0.465 e. The topological polar surface area (TPSA) is 108 Å². The van der Waals surface area contributed by atoms with Gasteiger partial charge in [-0.2, -0.15) is 0 Å². The van der Waals surface area contributed by atoms with Crippen molar-refractivity contribution in [2.75, 3.05) is 6.61 Å². The van der Waals surface area contributed by atoms with E-state index in [1.54, 1.807) is 0 Å². The maximum Gasteiger partial charge on any atom is 0.317 e. The van der Waals surface area contributed by atoms with E-state index in [0.29, 0.717) is 30.8 Å². The third-order valence-corrected chi connectivity index (χ3v) is 14.0. The lowest BCUT2D eigenvalue weighted by Crippen LogP contribution is -2.66. The van der Waals surface area contributed by atoms with Crippen molar-refractivity contribution in [2.24, 2.45) is 45.3 Å². The maximum absolute atomic E-state index is 12.8. The fourth-order valence-corrected chi connectivity index (χ4v) is 11.8. The maximum atomic E-state index is 12.8. The summed E-state index contributed by atoms with van der Waals surface area (Å²) in [6.45, 7) is 19.4. The highest BCUT2D eigenvalue weighted by atomic mass is 16.6. The molecule has 0 aromatic heterocycles. The van der Waals surface area contributed by atoms with Crippen LogP contribution in [0.4, 0.5) is 0 Å². The van der Waals surface area contributed by atoms with E-state index in [9.17, 15) is 19.5 Å². The first-order valence-electron chi connectivity index (χ1n) is 17.8. The molecule has 5 rings (SSSR count). The van der Waals surface area contributed by atoms with E-state index in [-0.39, 0.29) is 64.4 Å². The summed E-state index contributed by atoms with van der Waals surface area (Å²) < 4.78 is 24.1. The summed E-state index contributed by atoms with van der Waals surface area (Å²) >= 11 is 0. The molecule has 45 heavy (non-hydrogen) atoms. The molecule has 0 spiro atoms. The Morgan fingerprint density at radius 3 is 2.18 bits per heavy atom. The number of carbonyl (C=O) groups is 3. The third-order valence-electron chi connectivity index (χ3n) is 14.0. The second kappa shape index (κ2) is 12.1. The van der Waals surface area contributed by atoms with Crippen LogP contribution in [0.3, 0.4) is 0 Å². The Morgan fingerprint density at radius 1 is 0.867 bits per heavy atom. The monoisotopic (exact) mass is 632 g/mol. The van der Waals surface area contributed by atoms with Crippen molar-refractivity contribution in [2.45, 2.75) is 163 Å². The van der Waals surface area contributed by atoms with Crippen LogP contribution < -0.4 is 0 Å². The molecule has 1 heterocycles. The van der Waals surface area contributed by atoms with E-state index in [1.807, 2.05) is 20.8 Å². The lowest BCUT2D eigenvalue weighted by molar-refractivity contribution is -0.250. The molecule has 0 radical (unpaired) electrons. The molecule has 1 aliphatic heterocycles. The predicted molar refractivity (Wildman–Crippen MR) is 170 cm³/mol. The zero-order chi connectivity index (χ0) is 33.2. The molecule has 11 atom stereocenters. The normalized spacial score (nSPS) is 43.9. The Labute approximate surface area is 271 Å². The van der Waals surface area contributed by atoms with Gasteiger partial charge in [0.05, 0.1) is 24.4 Å². The van der Waals surface area contributed by atoms with Gasteiger partial charge >= 0.3 is 17.9 Å². The predicted octanol–water partition coefficient (Wildman–Crippen LogP) is 6.79. The standard InChI is InChI=1S/C37H60O8/c1-10-19-42-30(39)21-31(40)45-28-15-16-35(7)26(33(28,3)4)14-18-36(8)27(35)20-25(43-22(2)38)32-23(13-17-37(32,36)9)24-11-12-29(44-24)34(5,6)41/h23-29,32,41H,10-21H2,1-9H3/t23-,24+,25-,26+,27-,28-,29-,32+,35+,36-,37-/m1/s1. The van der Waals surface area contributed by atoms with Crippen molar-refractivity contribution in [3.05, 3.63) is 0 Å². The number of aliphatic hydroxyl groups is 1. The molecular formula is C37H60O8. The molecule has 4 saturated carbocycles. The average molecular weight is 633 g/mol. The molecular weight excluding hydrogens is 572 g/mol. The largest absolute Gasteiger partial charge is 0.465 e. The van der Waals surface area contributed by atoms with Gasteiger partial charge in [0.25, 0.3) is 0 Å². The number of hydrogen-bond acceptors (Lipinski definition) is 8. The van der Waals surface area contributed by atoms with Crippen LogP contribution >= 0.6 is 0 Å². The van der Waals surface area contributed by atoms with Gasteiger partial charge < -0.3 is 24.1 Å². The summed E-state index contributed by atoms with van der Waals surface area (Å²) in [5, 5.41) is 10.7. The highest BCUT2D eigenvalue weighted by Gasteiger charge is 2.72. The van der Waals surface area contributed by atoms with Crippen molar-refractivity contribution in [1.82, 2.24) is 0 Å². The molecule has 1 saturated heterocycles. The van der Waals surface area contributed by atoms with E-state index in [4.69, 9.17) is 18.9 Å². The van der Waals surface area contributed by atoms with Crippen LogP contribution in [-0.2, 0) is 33.3 Å². The van der Waals surface area contributed by atoms with Crippen LogP contribution in [0.5, 0.6) is 0 Å². The van der Waals surface area contributed by atoms with Gasteiger partial charge in [-0.05, 0) is 112 Å². The lowest BCUT2D eigenvalue weighted by Gasteiger charge is -2.70. The Balaban J connectivity index is 1.40.